The van der Waals surface area contributed by atoms with E-state index in [1.807, 2.05) is 0 Å². The van der Waals surface area contributed by atoms with E-state index < -0.39 is 0 Å². The smallest absolute Gasteiger partial charge is 0.111 e. The quantitative estimate of drug-likeness (QED) is 0.658. The first-order chi connectivity index (χ1) is 12.3. The number of hydrogen-bond acceptors (Lipinski definition) is 2. The van der Waals surface area contributed by atoms with Gasteiger partial charge < -0.3 is 4.57 Å². The van der Waals surface area contributed by atoms with Crippen molar-refractivity contribution < 1.29 is 0 Å². The lowest BCUT2D eigenvalue weighted by molar-refractivity contribution is 0.152. The van der Waals surface area contributed by atoms with Gasteiger partial charge in [0.05, 0.1) is 11.0 Å². The zero-order chi connectivity index (χ0) is 16.8. The van der Waals surface area contributed by atoms with Crippen molar-refractivity contribution in [1.82, 2.24) is 14.5 Å². The summed E-state index contributed by atoms with van der Waals surface area (Å²) in [6.45, 7) is 5.65. The van der Waals surface area contributed by atoms with Gasteiger partial charge in [0.25, 0.3) is 0 Å². The third kappa shape index (κ3) is 2.67. The van der Waals surface area contributed by atoms with E-state index in [0.29, 0.717) is 6.04 Å². The summed E-state index contributed by atoms with van der Waals surface area (Å²) in [5.74, 6) is 1.28. The predicted octanol–water partition coefficient (Wildman–Crippen LogP) is 4.42. The summed E-state index contributed by atoms with van der Waals surface area (Å²) in [5, 5.41) is 0. The summed E-state index contributed by atoms with van der Waals surface area (Å²) in [6, 6.07) is 16.3. The van der Waals surface area contributed by atoms with Crippen LogP contribution in [0.2, 0.25) is 0 Å². The average Bonchev–Trinajstić information content (AvgIpc) is 2.87. The molecule has 0 amide bonds. The van der Waals surface area contributed by atoms with E-state index in [1.165, 1.54) is 60.4 Å². The normalized spacial score (nSPS) is 20.9. The Morgan fingerprint density at radius 2 is 1.76 bits per heavy atom. The highest BCUT2D eigenvalue weighted by molar-refractivity contribution is 5.82. The fourth-order valence-electron chi connectivity index (χ4n) is 4.54. The number of piperidine rings is 1. The Kier molecular flexibility index (Phi) is 3.63. The highest BCUT2D eigenvalue weighted by Gasteiger charge is 2.27. The lowest BCUT2D eigenvalue weighted by Crippen LogP contribution is -2.40. The molecule has 5 rings (SSSR count). The Hall–Kier alpha value is -2.13. The van der Waals surface area contributed by atoms with Gasteiger partial charge >= 0.3 is 0 Å². The number of aryl methyl sites for hydroxylation is 1. The lowest BCUT2D eigenvalue weighted by atomic mass is 10.00. The highest BCUT2D eigenvalue weighted by Crippen LogP contribution is 2.29. The molecule has 0 N–H and O–H groups in total. The molecular formula is C22H25N3. The molecule has 0 radical (unpaired) electrons. The van der Waals surface area contributed by atoms with E-state index in [9.17, 15) is 0 Å². The van der Waals surface area contributed by atoms with Gasteiger partial charge in [-0.25, -0.2) is 4.98 Å². The van der Waals surface area contributed by atoms with Gasteiger partial charge in [0.1, 0.15) is 5.82 Å². The van der Waals surface area contributed by atoms with Gasteiger partial charge in [-0.05, 0) is 49.6 Å². The molecule has 3 heterocycles. The molecule has 1 fully saturated rings. The van der Waals surface area contributed by atoms with Gasteiger partial charge in [0.15, 0.2) is 0 Å². The zero-order valence-corrected chi connectivity index (χ0v) is 14.9. The van der Waals surface area contributed by atoms with Crippen LogP contribution in [-0.4, -0.2) is 33.6 Å². The van der Waals surface area contributed by atoms with Crippen molar-refractivity contribution in [3.63, 3.8) is 0 Å². The summed E-state index contributed by atoms with van der Waals surface area (Å²) in [7, 11) is 0. The molecule has 2 aromatic carbocycles. The fourth-order valence-corrected chi connectivity index (χ4v) is 4.54. The second-order valence-electron chi connectivity index (χ2n) is 7.64. The third-order valence-corrected chi connectivity index (χ3v) is 5.99. The van der Waals surface area contributed by atoms with Crippen LogP contribution in [0.3, 0.4) is 0 Å². The Labute approximate surface area is 149 Å². The number of hydrogen-bond donors (Lipinski definition) is 0. The number of imidazole rings is 1. The average molecular weight is 331 g/mol. The fraction of sp³-hybridized carbons (Fsp3) is 0.409. The van der Waals surface area contributed by atoms with Gasteiger partial charge in [0.2, 0.25) is 0 Å². The first kappa shape index (κ1) is 15.2. The minimum atomic E-state index is 0.698. The predicted molar refractivity (Wildman–Crippen MR) is 103 cm³/mol. The molecule has 1 atom stereocenters. The van der Waals surface area contributed by atoms with E-state index in [-0.39, 0.29) is 0 Å². The van der Waals surface area contributed by atoms with E-state index in [0.717, 1.165) is 18.5 Å². The monoisotopic (exact) mass is 331 g/mol. The summed E-state index contributed by atoms with van der Waals surface area (Å²) in [6.07, 6.45) is 5.17. The van der Waals surface area contributed by atoms with Crippen LogP contribution < -0.4 is 0 Å². The molecule has 25 heavy (non-hydrogen) atoms. The molecule has 2 aliphatic heterocycles. The largest absolute Gasteiger partial charge is 0.327 e. The number of aromatic nitrogens is 2. The molecule has 0 bridgehead atoms. The molecular weight excluding hydrogens is 306 g/mol. The zero-order valence-electron chi connectivity index (χ0n) is 14.9. The number of fused-ring (bicyclic) bond motifs is 4. The van der Waals surface area contributed by atoms with Gasteiger partial charge in [-0.1, -0.05) is 42.3 Å². The van der Waals surface area contributed by atoms with Crippen LogP contribution in [0.25, 0.3) is 22.2 Å². The molecule has 0 unspecified atom stereocenters. The highest BCUT2D eigenvalue weighted by atomic mass is 15.2. The molecule has 0 saturated carbocycles. The second-order valence-corrected chi connectivity index (χ2v) is 7.64. The maximum Gasteiger partial charge on any atom is 0.111 e. The van der Waals surface area contributed by atoms with Crippen LogP contribution >= 0.6 is 0 Å². The van der Waals surface area contributed by atoms with Gasteiger partial charge in [0, 0.05) is 25.6 Å². The molecule has 3 aromatic rings. The van der Waals surface area contributed by atoms with Crippen molar-refractivity contribution in [3.05, 3.63) is 53.9 Å². The second kappa shape index (κ2) is 5.99. The summed E-state index contributed by atoms with van der Waals surface area (Å²) < 4.78 is 2.46. The molecule has 0 aliphatic carbocycles. The van der Waals surface area contributed by atoms with Crippen molar-refractivity contribution in [2.45, 2.75) is 45.2 Å². The van der Waals surface area contributed by atoms with E-state index in [2.05, 4.69) is 58.9 Å². The summed E-state index contributed by atoms with van der Waals surface area (Å²) in [5.41, 5.74) is 6.29. The van der Waals surface area contributed by atoms with Crippen molar-refractivity contribution in [2.24, 2.45) is 0 Å². The molecule has 2 aliphatic rings. The third-order valence-electron chi connectivity index (χ3n) is 5.99. The number of nitrogens with zero attached hydrogens (tertiary/aromatic N) is 3. The Morgan fingerprint density at radius 3 is 2.64 bits per heavy atom. The van der Waals surface area contributed by atoms with E-state index in [1.54, 1.807) is 0 Å². The van der Waals surface area contributed by atoms with Crippen molar-refractivity contribution in [2.75, 3.05) is 13.1 Å². The molecule has 1 aromatic heterocycles. The van der Waals surface area contributed by atoms with Crippen LogP contribution in [0.15, 0.2) is 42.5 Å². The molecule has 3 nitrogen and oxygen atoms in total. The Balaban J connectivity index is 1.53. The van der Waals surface area contributed by atoms with E-state index in [4.69, 9.17) is 4.98 Å². The lowest BCUT2D eigenvalue weighted by Gasteiger charge is -2.33. The minimum absolute atomic E-state index is 0.698. The molecule has 0 spiro atoms. The van der Waals surface area contributed by atoms with Gasteiger partial charge in [-0.15, -0.1) is 0 Å². The van der Waals surface area contributed by atoms with Gasteiger partial charge in [-0.2, -0.15) is 0 Å². The molecule has 1 saturated heterocycles. The standard InChI is InChI=1S/C22H25N3/c1-16-5-7-17(8-6-16)18-9-10-21-20(14-18)23-22-15-19-4-2-3-11-24(19)12-13-25(21)22/h5-10,14,19H,2-4,11-13,15H2,1H3/t19-/m0/s1. The van der Waals surface area contributed by atoms with Crippen LogP contribution in [0.5, 0.6) is 0 Å². The summed E-state index contributed by atoms with van der Waals surface area (Å²) >= 11 is 0. The van der Waals surface area contributed by atoms with Crippen LogP contribution in [0, 0.1) is 6.92 Å². The minimum Gasteiger partial charge on any atom is -0.327 e. The van der Waals surface area contributed by atoms with Crippen molar-refractivity contribution in [1.29, 1.82) is 0 Å². The van der Waals surface area contributed by atoms with Crippen LogP contribution in [0.4, 0.5) is 0 Å². The Morgan fingerprint density at radius 1 is 0.920 bits per heavy atom. The summed E-state index contributed by atoms with van der Waals surface area (Å²) in [4.78, 5) is 7.73. The van der Waals surface area contributed by atoms with Crippen LogP contribution in [0.1, 0.15) is 30.7 Å². The SMILES string of the molecule is Cc1ccc(-c2ccc3c(c2)nc2n3CCN3CCCC[C@H]3C2)cc1. The first-order valence-corrected chi connectivity index (χ1v) is 9.58. The van der Waals surface area contributed by atoms with Gasteiger partial charge in [-0.3, -0.25) is 4.90 Å². The number of rotatable bonds is 1. The van der Waals surface area contributed by atoms with Crippen molar-refractivity contribution >= 4 is 11.0 Å². The van der Waals surface area contributed by atoms with Crippen LogP contribution in [-0.2, 0) is 13.0 Å². The Bertz CT molecular complexity index is 907. The number of benzene rings is 2. The first-order valence-electron chi connectivity index (χ1n) is 9.58. The topological polar surface area (TPSA) is 21.1 Å². The van der Waals surface area contributed by atoms with Crippen molar-refractivity contribution in [3.8, 4) is 11.1 Å². The molecule has 3 heteroatoms. The molecule has 128 valence electrons. The maximum atomic E-state index is 5.04. The van der Waals surface area contributed by atoms with E-state index >= 15 is 0 Å². The maximum absolute atomic E-state index is 5.04.